The molecule has 2 aromatic carbocycles. The molecule has 11 rings (SSSR count). The fourth-order valence-electron chi connectivity index (χ4n) is 12.4. The molecule has 0 spiro atoms. The van der Waals surface area contributed by atoms with Gasteiger partial charge in [-0.25, -0.2) is 0 Å². The van der Waals surface area contributed by atoms with Gasteiger partial charge in [-0.05, 0) is 111 Å². The molecular weight excluding hydrogens is 647 g/mol. The maximum Gasteiger partial charge on any atom is 0.136 e. The molecule has 53 heavy (non-hydrogen) atoms. The topological polar surface area (TPSA) is 31.7 Å². The summed E-state index contributed by atoms with van der Waals surface area (Å²) in [7, 11) is 0. The molecule has 4 heteroatoms. The van der Waals surface area contributed by atoms with E-state index in [0.29, 0.717) is 53.5 Å². The minimum Gasteiger partial charge on any atom is -0.458 e. The van der Waals surface area contributed by atoms with Gasteiger partial charge < -0.3 is 14.6 Å². The van der Waals surface area contributed by atoms with Gasteiger partial charge in [-0.3, -0.25) is 4.90 Å². The van der Waals surface area contributed by atoms with Crippen molar-refractivity contribution in [1.29, 1.82) is 0 Å². The van der Waals surface area contributed by atoms with Crippen molar-refractivity contribution in [3.8, 4) is 0 Å². The zero-order valence-corrected chi connectivity index (χ0v) is 31.3. The van der Waals surface area contributed by atoms with Crippen molar-refractivity contribution in [1.82, 2.24) is 4.90 Å². The number of nitrogens with zero attached hydrogens (tertiary/aromatic N) is 2. The molecule has 9 unspecified atom stereocenters. The van der Waals surface area contributed by atoms with Crippen LogP contribution in [0.25, 0.3) is 11.0 Å². The summed E-state index contributed by atoms with van der Waals surface area (Å²) in [5.41, 5.74) is 8.30. The molecule has 4 heterocycles. The molecule has 4 nitrogen and oxygen atoms in total. The number of allylic oxidation sites excluding steroid dienone is 10. The van der Waals surface area contributed by atoms with Crippen LogP contribution < -0.4 is 10.2 Å². The van der Waals surface area contributed by atoms with Gasteiger partial charge >= 0.3 is 0 Å². The molecule has 2 fully saturated rings. The first-order valence-electron chi connectivity index (χ1n) is 20.8. The summed E-state index contributed by atoms with van der Waals surface area (Å²) >= 11 is 0. The number of rotatable bonds is 5. The molecule has 0 radical (unpaired) electrons. The zero-order chi connectivity index (χ0) is 35.3. The van der Waals surface area contributed by atoms with E-state index in [9.17, 15) is 0 Å². The molecule has 5 aliphatic carbocycles. The Labute approximate surface area is 315 Å². The Morgan fingerprint density at radius 1 is 0.868 bits per heavy atom. The first kappa shape index (κ1) is 32.2. The molecule has 1 saturated heterocycles. The number of fused-ring (bicyclic) bond motifs is 9. The maximum absolute atomic E-state index is 6.61. The first-order valence-corrected chi connectivity index (χ1v) is 20.8. The Hall–Kier alpha value is -4.28. The Morgan fingerprint density at radius 2 is 1.75 bits per heavy atom. The predicted octanol–water partition coefficient (Wildman–Crippen LogP) is 11.6. The van der Waals surface area contributed by atoms with E-state index in [1.165, 1.54) is 54.6 Å². The third-order valence-corrected chi connectivity index (χ3v) is 15.0. The molecule has 3 aliphatic heterocycles. The fraction of sp³-hybridized carbons (Fsp3) is 0.429. The third-order valence-electron chi connectivity index (χ3n) is 15.0. The summed E-state index contributed by atoms with van der Waals surface area (Å²) in [5.74, 6) is 4.81. The van der Waals surface area contributed by atoms with Gasteiger partial charge in [-0.1, -0.05) is 104 Å². The summed E-state index contributed by atoms with van der Waals surface area (Å²) in [6, 6.07) is 18.9. The number of anilines is 2. The van der Waals surface area contributed by atoms with Crippen LogP contribution in [0.2, 0.25) is 0 Å². The molecule has 0 amide bonds. The van der Waals surface area contributed by atoms with E-state index in [2.05, 4.69) is 150 Å². The van der Waals surface area contributed by atoms with Crippen LogP contribution in [0.5, 0.6) is 0 Å². The molecule has 1 saturated carbocycles. The van der Waals surface area contributed by atoms with Gasteiger partial charge in [0.05, 0.1) is 17.8 Å². The van der Waals surface area contributed by atoms with Crippen LogP contribution in [0.15, 0.2) is 137 Å². The SMILES string of the molecule is CCC1c2oc3ccccc3c2NC1N1C2C=C(C3CC[C@@]4(C)[C@H](C3)c3ccccc3N4C3=CC(C4C=CC=CC4)CC=C3)C=CC2C2C=CCCC21. The first-order chi connectivity index (χ1) is 26.1. The molecule has 1 N–H and O–H groups in total. The van der Waals surface area contributed by atoms with Gasteiger partial charge in [-0.15, -0.1) is 0 Å². The summed E-state index contributed by atoms with van der Waals surface area (Å²) in [6.07, 6.45) is 39.3. The highest BCUT2D eigenvalue weighted by Gasteiger charge is 2.55. The van der Waals surface area contributed by atoms with Gasteiger partial charge in [0.15, 0.2) is 0 Å². The molecule has 11 atom stereocenters. The number of hydrogen-bond donors (Lipinski definition) is 1. The van der Waals surface area contributed by atoms with Gasteiger partial charge in [0.2, 0.25) is 0 Å². The highest BCUT2D eigenvalue weighted by Crippen LogP contribution is 2.59. The third kappa shape index (κ3) is 4.83. The second kappa shape index (κ2) is 12.4. The summed E-state index contributed by atoms with van der Waals surface area (Å²) in [5, 5.41) is 5.33. The van der Waals surface area contributed by atoms with Gasteiger partial charge in [0.1, 0.15) is 11.3 Å². The number of para-hydroxylation sites is 2. The van der Waals surface area contributed by atoms with Gasteiger partial charge in [-0.2, -0.15) is 0 Å². The normalized spacial score (nSPS) is 37.9. The number of likely N-dealkylation sites (tertiary alicyclic amines) is 1. The average molecular weight is 700 g/mol. The van der Waals surface area contributed by atoms with Gasteiger partial charge in [0, 0.05) is 52.1 Å². The minimum absolute atomic E-state index is 0.0752. The van der Waals surface area contributed by atoms with Crippen LogP contribution in [0, 0.1) is 29.6 Å². The average Bonchev–Trinajstić information content (AvgIpc) is 3.92. The summed E-state index contributed by atoms with van der Waals surface area (Å²) in [4.78, 5) is 5.70. The molecule has 3 aromatic rings. The van der Waals surface area contributed by atoms with Crippen molar-refractivity contribution < 1.29 is 4.42 Å². The number of benzene rings is 2. The van der Waals surface area contributed by atoms with Crippen molar-refractivity contribution in [3.63, 3.8) is 0 Å². The Bertz CT molecular complexity index is 2160. The molecule has 0 bridgehead atoms. The van der Waals surface area contributed by atoms with Crippen LogP contribution in [-0.4, -0.2) is 28.7 Å². The van der Waals surface area contributed by atoms with Crippen LogP contribution in [0.1, 0.15) is 88.4 Å². The largest absolute Gasteiger partial charge is 0.458 e. The van der Waals surface area contributed by atoms with Crippen LogP contribution in [-0.2, 0) is 0 Å². The number of hydrogen-bond acceptors (Lipinski definition) is 4. The van der Waals surface area contributed by atoms with Crippen molar-refractivity contribution in [3.05, 3.63) is 144 Å². The number of furan rings is 1. The smallest absolute Gasteiger partial charge is 0.136 e. The van der Waals surface area contributed by atoms with E-state index < -0.39 is 0 Å². The Balaban J connectivity index is 0.908. The fourth-order valence-corrected chi connectivity index (χ4v) is 12.4. The monoisotopic (exact) mass is 699 g/mol. The van der Waals surface area contributed by atoms with Crippen molar-refractivity contribution >= 4 is 22.3 Å². The molecule has 1 aromatic heterocycles. The lowest BCUT2D eigenvalue weighted by Crippen LogP contribution is -2.50. The highest BCUT2D eigenvalue weighted by atomic mass is 16.3. The van der Waals surface area contributed by atoms with Crippen molar-refractivity contribution in [2.24, 2.45) is 29.6 Å². The Morgan fingerprint density at radius 3 is 2.66 bits per heavy atom. The number of nitrogens with one attached hydrogen (secondary N) is 1. The lowest BCUT2D eigenvalue weighted by atomic mass is 9.66. The lowest BCUT2D eigenvalue weighted by molar-refractivity contribution is 0.126. The molecule has 270 valence electrons. The van der Waals surface area contributed by atoms with Crippen molar-refractivity contribution in [2.75, 3.05) is 10.2 Å². The van der Waals surface area contributed by atoms with Crippen LogP contribution >= 0.6 is 0 Å². The predicted molar refractivity (Wildman–Crippen MR) is 218 cm³/mol. The summed E-state index contributed by atoms with van der Waals surface area (Å²) in [6.45, 7) is 4.93. The molecule has 8 aliphatic rings. The van der Waals surface area contributed by atoms with E-state index in [1.807, 2.05) is 0 Å². The Kier molecular flexibility index (Phi) is 7.52. The summed E-state index contributed by atoms with van der Waals surface area (Å²) < 4.78 is 6.61. The van der Waals surface area contributed by atoms with Gasteiger partial charge in [0.25, 0.3) is 0 Å². The second-order valence-electron chi connectivity index (χ2n) is 17.5. The maximum atomic E-state index is 6.61. The zero-order valence-electron chi connectivity index (χ0n) is 31.3. The van der Waals surface area contributed by atoms with E-state index in [-0.39, 0.29) is 11.7 Å². The lowest BCUT2D eigenvalue weighted by Gasteiger charge is -2.48. The van der Waals surface area contributed by atoms with Crippen molar-refractivity contribution in [2.45, 2.75) is 101 Å². The molecular formula is C49H53N3O. The van der Waals surface area contributed by atoms with E-state index >= 15 is 0 Å². The van der Waals surface area contributed by atoms with E-state index in [0.717, 1.165) is 30.6 Å². The minimum atomic E-state index is 0.0752. The van der Waals surface area contributed by atoms with E-state index in [1.54, 1.807) is 11.1 Å². The van der Waals surface area contributed by atoms with Crippen LogP contribution in [0.4, 0.5) is 11.4 Å². The second-order valence-corrected chi connectivity index (χ2v) is 17.5. The van der Waals surface area contributed by atoms with E-state index in [4.69, 9.17) is 4.42 Å². The van der Waals surface area contributed by atoms with Crippen LogP contribution in [0.3, 0.4) is 0 Å². The quantitative estimate of drug-likeness (QED) is 0.269. The highest BCUT2D eigenvalue weighted by molar-refractivity contribution is 5.94. The standard InChI is InChI=1S/C49H53N3O/c1-3-36-47-46(40-20-9-12-23-45(40)53-47)50-48(36)51-42-21-10-7-18-37(42)38-25-24-33(30-44(38)51)34-26-27-49(2)41(29-34)39-19-8-11-22-43(39)52(49)35-17-13-16-32(28-35)31-14-5-4-6-15-31/h4-9,11-14,17-20,22-25,28,30-32,34,36-38,41-42,44,48,50H,3,10,15-16,21,26-27,29H2,1-2H3/t31?,32?,34?,36?,37?,38?,41-,42?,44?,48?,49+/m1/s1.